The first-order valence-electron chi connectivity index (χ1n) is 6.64. The Morgan fingerprint density at radius 2 is 1.86 bits per heavy atom. The Morgan fingerprint density at radius 1 is 1.05 bits per heavy atom. The van der Waals surface area contributed by atoms with Gasteiger partial charge in [-0.3, -0.25) is 0 Å². The first kappa shape index (κ1) is 13.3. The Hall–Kier alpha value is -2.69. The minimum atomic E-state index is -0.428. The molecule has 0 amide bonds. The quantitative estimate of drug-likeness (QED) is 0.746. The van der Waals surface area contributed by atoms with Gasteiger partial charge < -0.3 is 10.3 Å². The molecule has 0 spiro atoms. The Kier molecular flexibility index (Phi) is 3.64. The summed E-state index contributed by atoms with van der Waals surface area (Å²) < 4.78 is 18.9. The Balaban J connectivity index is 1.76. The topological polar surface area (TPSA) is 64.9 Å². The van der Waals surface area contributed by atoms with Gasteiger partial charge in [-0.15, -0.1) is 0 Å². The zero-order valence-electron chi connectivity index (χ0n) is 11.3. The molecule has 0 unspecified atom stereocenters. The van der Waals surface area contributed by atoms with E-state index < -0.39 is 5.82 Å². The van der Waals surface area contributed by atoms with Gasteiger partial charge in [-0.25, -0.2) is 4.39 Å². The highest BCUT2D eigenvalue weighted by molar-refractivity contribution is 5.60. The van der Waals surface area contributed by atoms with Crippen molar-refractivity contribution >= 4 is 5.69 Å². The maximum atomic E-state index is 13.7. The maximum Gasteiger partial charge on any atom is 0.260 e. The normalized spacial score (nSPS) is 10.7. The molecule has 2 N–H and O–H groups in total. The maximum absolute atomic E-state index is 13.7. The van der Waals surface area contributed by atoms with Gasteiger partial charge >= 0.3 is 0 Å². The largest absolute Gasteiger partial charge is 0.399 e. The van der Waals surface area contributed by atoms with Crippen molar-refractivity contribution in [3.05, 3.63) is 65.7 Å². The number of rotatable bonds is 4. The van der Waals surface area contributed by atoms with Crippen molar-refractivity contribution in [2.45, 2.75) is 12.8 Å². The smallest absolute Gasteiger partial charge is 0.260 e. The third-order valence-electron chi connectivity index (χ3n) is 3.17. The molecule has 0 fully saturated rings. The summed E-state index contributed by atoms with van der Waals surface area (Å²) in [6.45, 7) is 0. The van der Waals surface area contributed by atoms with E-state index in [0.717, 1.165) is 6.42 Å². The summed E-state index contributed by atoms with van der Waals surface area (Å²) in [5.74, 6) is 0.279. The molecule has 3 aromatic rings. The summed E-state index contributed by atoms with van der Waals surface area (Å²) in [5, 5.41) is 3.88. The van der Waals surface area contributed by atoms with Crippen molar-refractivity contribution in [1.82, 2.24) is 10.1 Å². The lowest BCUT2D eigenvalue weighted by Crippen LogP contribution is -1.94. The number of hydrogen-bond donors (Lipinski definition) is 1. The second kappa shape index (κ2) is 5.75. The fraction of sp³-hybridized carbons (Fsp3) is 0.125. The Morgan fingerprint density at radius 3 is 2.67 bits per heavy atom. The molecule has 4 nitrogen and oxygen atoms in total. The summed E-state index contributed by atoms with van der Waals surface area (Å²) in [6.07, 6.45) is 1.44. The van der Waals surface area contributed by atoms with Crippen LogP contribution < -0.4 is 5.73 Å². The average molecular weight is 283 g/mol. The second-order valence-electron chi connectivity index (χ2n) is 4.74. The van der Waals surface area contributed by atoms with Crippen LogP contribution in [0.3, 0.4) is 0 Å². The molecular weight excluding hydrogens is 269 g/mol. The van der Waals surface area contributed by atoms with Gasteiger partial charge in [0.1, 0.15) is 5.82 Å². The van der Waals surface area contributed by atoms with Crippen molar-refractivity contribution in [3.8, 4) is 11.5 Å². The standard InChI is InChI=1S/C16H14FN3O/c17-14-8-7-12(18)10-13(14)16-19-15(20-21-16)9-6-11-4-2-1-3-5-11/h1-5,7-8,10H,6,9,18H2. The lowest BCUT2D eigenvalue weighted by Gasteiger charge is -1.98. The zero-order valence-corrected chi connectivity index (χ0v) is 11.3. The third kappa shape index (κ3) is 3.08. The lowest BCUT2D eigenvalue weighted by atomic mass is 10.1. The number of benzene rings is 2. The van der Waals surface area contributed by atoms with E-state index in [1.165, 1.54) is 23.8 Å². The summed E-state index contributed by atoms with van der Waals surface area (Å²) in [7, 11) is 0. The van der Waals surface area contributed by atoms with Gasteiger partial charge in [0, 0.05) is 12.1 Å². The molecular formula is C16H14FN3O. The van der Waals surface area contributed by atoms with Crippen LogP contribution in [0.5, 0.6) is 0 Å². The first-order chi connectivity index (χ1) is 10.2. The second-order valence-corrected chi connectivity index (χ2v) is 4.74. The van der Waals surface area contributed by atoms with Crippen molar-refractivity contribution in [3.63, 3.8) is 0 Å². The zero-order chi connectivity index (χ0) is 14.7. The van der Waals surface area contributed by atoms with Gasteiger partial charge in [-0.2, -0.15) is 4.98 Å². The number of halogens is 1. The predicted molar refractivity (Wildman–Crippen MR) is 78.0 cm³/mol. The summed E-state index contributed by atoms with van der Waals surface area (Å²) in [5.41, 5.74) is 7.53. The third-order valence-corrected chi connectivity index (χ3v) is 3.17. The van der Waals surface area contributed by atoms with Crippen LogP contribution in [0.25, 0.3) is 11.5 Å². The van der Waals surface area contributed by atoms with E-state index in [9.17, 15) is 4.39 Å². The van der Waals surface area contributed by atoms with Gasteiger partial charge in [-0.1, -0.05) is 35.5 Å². The van der Waals surface area contributed by atoms with Crippen LogP contribution in [-0.2, 0) is 12.8 Å². The lowest BCUT2D eigenvalue weighted by molar-refractivity contribution is 0.420. The minimum Gasteiger partial charge on any atom is -0.399 e. The van der Waals surface area contributed by atoms with Crippen molar-refractivity contribution < 1.29 is 8.91 Å². The van der Waals surface area contributed by atoms with Crippen LogP contribution in [0.4, 0.5) is 10.1 Å². The van der Waals surface area contributed by atoms with Crippen LogP contribution in [0.2, 0.25) is 0 Å². The van der Waals surface area contributed by atoms with Crippen LogP contribution in [0.1, 0.15) is 11.4 Å². The molecule has 0 aliphatic rings. The van der Waals surface area contributed by atoms with E-state index in [0.29, 0.717) is 17.9 Å². The minimum absolute atomic E-state index is 0.155. The summed E-state index contributed by atoms with van der Waals surface area (Å²) in [4.78, 5) is 4.22. The molecule has 0 saturated heterocycles. The molecule has 0 saturated carbocycles. The molecule has 0 radical (unpaired) electrons. The molecule has 1 aromatic heterocycles. The molecule has 1 heterocycles. The number of aromatic nitrogens is 2. The SMILES string of the molecule is Nc1ccc(F)c(-c2nc(CCc3ccccc3)no2)c1. The fourth-order valence-corrected chi connectivity index (χ4v) is 2.07. The molecule has 106 valence electrons. The molecule has 0 aliphatic carbocycles. The molecule has 0 aliphatic heterocycles. The molecule has 0 atom stereocenters. The summed E-state index contributed by atoms with van der Waals surface area (Å²) in [6, 6.07) is 14.3. The van der Waals surface area contributed by atoms with E-state index >= 15 is 0 Å². The van der Waals surface area contributed by atoms with Crippen molar-refractivity contribution in [2.75, 3.05) is 5.73 Å². The van der Waals surface area contributed by atoms with Crippen LogP contribution in [-0.4, -0.2) is 10.1 Å². The molecule has 2 aromatic carbocycles. The highest BCUT2D eigenvalue weighted by Crippen LogP contribution is 2.23. The number of aryl methyl sites for hydroxylation is 2. The van der Waals surface area contributed by atoms with E-state index in [-0.39, 0.29) is 11.5 Å². The van der Waals surface area contributed by atoms with Gasteiger partial charge in [-0.05, 0) is 30.2 Å². The molecule has 5 heteroatoms. The Labute approximate surface area is 121 Å². The number of nitrogens with zero attached hydrogens (tertiary/aromatic N) is 2. The van der Waals surface area contributed by atoms with Crippen molar-refractivity contribution in [1.29, 1.82) is 0 Å². The van der Waals surface area contributed by atoms with E-state index in [1.54, 1.807) is 0 Å². The van der Waals surface area contributed by atoms with Crippen LogP contribution >= 0.6 is 0 Å². The monoisotopic (exact) mass is 283 g/mol. The van der Waals surface area contributed by atoms with Crippen LogP contribution in [0.15, 0.2) is 53.1 Å². The van der Waals surface area contributed by atoms with Gasteiger partial charge in [0.2, 0.25) is 0 Å². The highest BCUT2D eigenvalue weighted by atomic mass is 19.1. The van der Waals surface area contributed by atoms with Crippen molar-refractivity contribution in [2.24, 2.45) is 0 Å². The number of anilines is 1. The van der Waals surface area contributed by atoms with Gasteiger partial charge in [0.25, 0.3) is 5.89 Å². The number of nitrogen functional groups attached to an aromatic ring is 1. The molecule has 0 bridgehead atoms. The predicted octanol–water partition coefficient (Wildman–Crippen LogP) is 3.24. The van der Waals surface area contributed by atoms with Gasteiger partial charge in [0.15, 0.2) is 5.82 Å². The molecule has 3 rings (SSSR count). The Bertz CT molecular complexity index is 740. The average Bonchev–Trinajstić information content (AvgIpc) is 2.97. The van der Waals surface area contributed by atoms with E-state index in [2.05, 4.69) is 10.1 Å². The van der Waals surface area contributed by atoms with Gasteiger partial charge in [0.05, 0.1) is 5.56 Å². The molecule has 21 heavy (non-hydrogen) atoms. The summed E-state index contributed by atoms with van der Waals surface area (Å²) >= 11 is 0. The number of hydrogen-bond acceptors (Lipinski definition) is 4. The van der Waals surface area contributed by atoms with E-state index in [4.69, 9.17) is 10.3 Å². The van der Waals surface area contributed by atoms with Crippen LogP contribution in [0, 0.1) is 5.82 Å². The van der Waals surface area contributed by atoms with E-state index in [1.807, 2.05) is 30.3 Å². The first-order valence-corrected chi connectivity index (χ1v) is 6.64. The highest BCUT2D eigenvalue weighted by Gasteiger charge is 2.13. The number of nitrogens with two attached hydrogens (primary N) is 1. The fourth-order valence-electron chi connectivity index (χ4n) is 2.07.